The summed E-state index contributed by atoms with van der Waals surface area (Å²) in [5.41, 5.74) is 7.40. The highest BCUT2D eigenvalue weighted by atomic mass is 16.3. The number of benzene rings is 2. The van der Waals surface area contributed by atoms with Crippen molar-refractivity contribution < 1.29 is 14.0 Å². The average Bonchev–Trinajstić information content (AvgIpc) is 3.75. The third kappa shape index (κ3) is 4.40. The van der Waals surface area contributed by atoms with Crippen LogP contribution in [0.1, 0.15) is 85.1 Å². The first-order chi connectivity index (χ1) is 19.9. The van der Waals surface area contributed by atoms with Crippen LogP contribution in [-0.2, 0) is 17.4 Å². The summed E-state index contributed by atoms with van der Waals surface area (Å²) in [5.74, 6) is 1.30. The van der Waals surface area contributed by atoms with Gasteiger partial charge in [-0.15, -0.1) is 0 Å². The van der Waals surface area contributed by atoms with Gasteiger partial charge in [-0.3, -0.25) is 9.59 Å². The zero-order chi connectivity index (χ0) is 28.1. The van der Waals surface area contributed by atoms with Gasteiger partial charge in [-0.25, -0.2) is 4.98 Å². The maximum Gasteiger partial charge on any atom is 0.252 e. The van der Waals surface area contributed by atoms with E-state index in [0.717, 1.165) is 58.5 Å². The van der Waals surface area contributed by atoms with Crippen molar-refractivity contribution in [3.8, 4) is 11.3 Å². The molecule has 5 aromatic rings. The molecule has 7 nitrogen and oxygen atoms in total. The maximum atomic E-state index is 13.8. The number of carbonyl (C=O) groups is 2. The molecule has 3 aromatic heterocycles. The fourth-order valence-electron chi connectivity index (χ4n) is 6.81. The molecule has 2 aromatic carbocycles. The Hall–Kier alpha value is -4.39. The highest BCUT2D eigenvalue weighted by Crippen LogP contribution is 2.44. The number of rotatable bonds is 7. The predicted octanol–water partition coefficient (Wildman–Crippen LogP) is 7.38. The molecule has 2 aliphatic rings. The Labute approximate surface area is 238 Å². The van der Waals surface area contributed by atoms with Gasteiger partial charge in [0.15, 0.2) is 5.78 Å². The lowest BCUT2D eigenvalue weighted by atomic mass is 9.75. The number of hydrogen-bond donors (Lipinski definition) is 2. The number of nitrogens with zero attached hydrogens (tertiary/aromatic N) is 2. The Kier molecular flexibility index (Phi) is 6.18. The molecule has 3 heterocycles. The second-order valence-corrected chi connectivity index (χ2v) is 11.7. The van der Waals surface area contributed by atoms with Gasteiger partial charge >= 0.3 is 0 Å². The number of amides is 1. The number of nitrogens with one attached hydrogen (secondary N) is 2. The molecule has 2 aliphatic carbocycles. The molecule has 7 rings (SSSR count). The first-order valence-electron chi connectivity index (χ1n) is 14.6. The van der Waals surface area contributed by atoms with Crippen LogP contribution in [0.2, 0.25) is 0 Å². The fourth-order valence-corrected chi connectivity index (χ4v) is 6.81. The van der Waals surface area contributed by atoms with Gasteiger partial charge in [0.05, 0.1) is 34.8 Å². The van der Waals surface area contributed by atoms with Crippen LogP contribution in [0.25, 0.3) is 39.3 Å². The summed E-state index contributed by atoms with van der Waals surface area (Å²) in [6.07, 6.45) is 14.5. The van der Waals surface area contributed by atoms with Gasteiger partial charge in [0, 0.05) is 29.1 Å². The van der Waals surface area contributed by atoms with E-state index in [1.165, 1.54) is 36.6 Å². The molecule has 0 bridgehead atoms. The van der Waals surface area contributed by atoms with E-state index in [2.05, 4.69) is 20.9 Å². The third-order valence-corrected chi connectivity index (χ3v) is 9.08. The Morgan fingerprint density at radius 2 is 1.93 bits per heavy atom. The number of H-pyrrole nitrogens is 1. The number of aromatic nitrogens is 3. The van der Waals surface area contributed by atoms with Gasteiger partial charge in [-0.05, 0) is 92.5 Å². The van der Waals surface area contributed by atoms with Crippen LogP contribution in [0.5, 0.6) is 0 Å². The van der Waals surface area contributed by atoms with Crippen molar-refractivity contribution >= 4 is 39.7 Å². The van der Waals surface area contributed by atoms with Crippen LogP contribution >= 0.6 is 0 Å². The smallest absolute Gasteiger partial charge is 0.252 e. The fraction of sp³-hybridized carbons (Fsp3) is 0.324. The van der Waals surface area contributed by atoms with Gasteiger partial charge in [0.1, 0.15) is 5.82 Å². The minimum atomic E-state index is -0.512. The average molecular weight is 547 g/mol. The number of fused-ring (bicyclic) bond motifs is 2. The molecular formula is C34H34N4O3. The van der Waals surface area contributed by atoms with Crippen molar-refractivity contribution in [1.29, 1.82) is 0 Å². The summed E-state index contributed by atoms with van der Waals surface area (Å²) in [6, 6.07) is 14.0. The highest BCUT2D eigenvalue weighted by molar-refractivity contribution is 6.01. The van der Waals surface area contributed by atoms with Gasteiger partial charge in [0.25, 0.3) is 5.91 Å². The lowest BCUT2D eigenvalue weighted by Crippen LogP contribution is -2.52. The predicted molar refractivity (Wildman–Crippen MR) is 161 cm³/mol. The monoisotopic (exact) mass is 546 g/mol. The summed E-state index contributed by atoms with van der Waals surface area (Å²) in [6.45, 7) is 1.54. The van der Waals surface area contributed by atoms with Crippen molar-refractivity contribution in [2.45, 2.75) is 63.3 Å². The molecule has 0 unspecified atom stereocenters. The normalized spacial score (nSPS) is 17.0. The standard InChI is InChI=1S/C34H34N4O3/c1-21(39)8-9-22-10-13-27-29(18-22)38(2)33(36-27)34(15-5-16-34)37-32(40)24-11-12-26-28(19-24)35-31(25-14-17-41-20-25)30(26)23-6-3-4-7-23/h8-14,17-20,23,35H,3-7,15-16H2,1-2H3,(H,37,40)/b9-8+. The number of hydrogen-bond acceptors (Lipinski definition) is 4. The molecule has 0 saturated heterocycles. The van der Waals surface area contributed by atoms with Crippen LogP contribution in [0, 0.1) is 0 Å². The number of allylic oxidation sites excluding steroid dienone is 1. The first kappa shape index (κ1) is 25.6. The first-order valence-corrected chi connectivity index (χ1v) is 14.6. The Bertz CT molecular complexity index is 1810. The molecule has 0 aliphatic heterocycles. The molecule has 1 amide bonds. The summed E-state index contributed by atoms with van der Waals surface area (Å²) in [7, 11) is 2.00. The van der Waals surface area contributed by atoms with Gasteiger partial charge in [-0.1, -0.05) is 31.1 Å². The number of aromatic amines is 1. The largest absolute Gasteiger partial charge is 0.472 e. The molecule has 208 valence electrons. The summed E-state index contributed by atoms with van der Waals surface area (Å²) >= 11 is 0. The molecule has 2 saturated carbocycles. The van der Waals surface area contributed by atoms with Crippen LogP contribution in [0.3, 0.4) is 0 Å². The molecule has 2 N–H and O–H groups in total. The second-order valence-electron chi connectivity index (χ2n) is 11.7. The molecule has 0 spiro atoms. The van der Waals surface area contributed by atoms with Crippen molar-refractivity contribution in [1.82, 2.24) is 19.9 Å². The van der Waals surface area contributed by atoms with Gasteiger partial charge < -0.3 is 19.3 Å². The van der Waals surface area contributed by atoms with E-state index in [1.54, 1.807) is 25.5 Å². The quantitative estimate of drug-likeness (QED) is 0.208. The summed E-state index contributed by atoms with van der Waals surface area (Å²) in [4.78, 5) is 33.8. The second kappa shape index (κ2) is 9.91. The van der Waals surface area contributed by atoms with E-state index in [-0.39, 0.29) is 11.7 Å². The summed E-state index contributed by atoms with van der Waals surface area (Å²) in [5, 5.41) is 4.57. The third-order valence-electron chi connectivity index (χ3n) is 9.08. The molecule has 7 heteroatoms. The van der Waals surface area contributed by atoms with E-state index < -0.39 is 5.54 Å². The van der Waals surface area contributed by atoms with E-state index in [1.807, 2.05) is 49.5 Å². The zero-order valence-corrected chi connectivity index (χ0v) is 23.5. The Morgan fingerprint density at radius 1 is 1.10 bits per heavy atom. The minimum absolute atomic E-state index is 0.0110. The maximum absolute atomic E-state index is 13.8. The van der Waals surface area contributed by atoms with Crippen LogP contribution in [0.15, 0.2) is 65.5 Å². The molecule has 41 heavy (non-hydrogen) atoms. The zero-order valence-electron chi connectivity index (χ0n) is 23.5. The van der Waals surface area contributed by atoms with Crippen LogP contribution in [-0.4, -0.2) is 26.2 Å². The van der Waals surface area contributed by atoms with Crippen LogP contribution in [0.4, 0.5) is 0 Å². The van der Waals surface area contributed by atoms with Gasteiger partial charge in [-0.2, -0.15) is 0 Å². The SMILES string of the molecule is CC(=O)/C=C/c1ccc2nc(C3(NC(=O)c4ccc5c(C6CCCC6)c(-c6ccoc6)[nH]c5c4)CCC3)n(C)c2c1. The topological polar surface area (TPSA) is 92.9 Å². The number of furan rings is 1. The lowest BCUT2D eigenvalue weighted by Gasteiger charge is -2.41. The van der Waals surface area contributed by atoms with Gasteiger partial charge in [0.2, 0.25) is 0 Å². The van der Waals surface area contributed by atoms with Crippen molar-refractivity contribution in [3.05, 3.63) is 83.6 Å². The van der Waals surface area contributed by atoms with E-state index in [4.69, 9.17) is 9.40 Å². The van der Waals surface area contributed by atoms with Crippen molar-refractivity contribution in [2.75, 3.05) is 0 Å². The lowest BCUT2D eigenvalue weighted by molar-refractivity contribution is -0.112. The number of aryl methyl sites for hydroxylation is 1. The van der Waals surface area contributed by atoms with E-state index in [9.17, 15) is 9.59 Å². The number of ketones is 1. The molecule has 0 radical (unpaired) electrons. The molecular weight excluding hydrogens is 512 g/mol. The highest BCUT2D eigenvalue weighted by Gasteiger charge is 2.44. The molecule has 0 atom stereocenters. The van der Waals surface area contributed by atoms with E-state index >= 15 is 0 Å². The minimum Gasteiger partial charge on any atom is -0.472 e. The van der Waals surface area contributed by atoms with Crippen LogP contribution < -0.4 is 5.32 Å². The Balaban J connectivity index is 1.21. The van der Waals surface area contributed by atoms with Crippen molar-refractivity contribution in [2.24, 2.45) is 7.05 Å². The Morgan fingerprint density at radius 3 is 2.63 bits per heavy atom. The summed E-state index contributed by atoms with van der Waals surface area (Å²) < 4.78 is 7.49. The number of carbonyl (C=O) groups excluding carboxylic acids is 2. The van der Waals surface area contributed by atoms with E-state index in [0.29, 0.717) is 11.5 Å². The number of imidazole rings is 1. The molecule has 2 fully saturated rings. The van der Waals surface area contributed by atoms with Crippen molar-refractivity contribution in [3.63, 3.8) is 0 Å².